The smallest absolute Gasteiger partial charge is 0.255 e. The number of carbonyl (C=O) groups is 2. The first-order valence-corrected chi connectivity index (χ1v) is 19.5. The zero-order chi connectivity index (χ0) is 40.5. The lowest BCUT2D eigenvalue weighted by atomic mass is 9.92. The molecule has 9 rings (SSSR count). The molecule has 59 heavy (non-hydrogen) atoms. The molecule has 2 aliphatic heterocycles. The van der Waals surface area contributed by atoms with E-state index in [1.165, 1.54) is 11.6 Å². The average molecular weight is 786 g/mol. The van der Waals surface area contributed by atoms with E-state index in [-0.39, 0.29) is 37.2 Å². The molecule has 4 aromatic heterocycles. The van der Waals surface area contributed by atoms with Crippen LogP contribution in [0.1, 0.15) is 52.9 Å². The number of rotatable bonds is 11. The van der Waals surface area contributed by atoms with Gasteiger partial charge in [-0.1, -0.05) is 24.6 Å². The molecule has 6 heterocycles. The van der Waals surface area contributed by atoms with Crippen LogP contribution in [-0.2, 0) is 23.1 Å². The van der Waals surface area contributed by atoms with Crippen LogP contribution in [0, 0.1) is 23.2 Å². The fourth-order valence-electron chi connectivity index (χ4n) is 7.80. The molecule has 2 fully saturated rings. The number of hydrogen-bond donors (Lipinski definition) is 1. The van der Waals surface area contributed by atoms with Gasteiger partial charge in [0.1, 0.15) is 49.0 Å². The van der Waals surface area contributed by atoms with Gasteiger partial charge in [0.25, 0.3) is 5.91 Å². The molecule has 2 aromatic carbocycles. The van der Waals surface area contributed by atoms with Crippen LogP contribution in [-0.4, -0.2) is 74.3 Å². The van der Waals surface area contributed by atoms with Gasteiger partial charge in [0.05, 0.1) is 23.9 Å². The Balaban J connectivity index is 0.704. The monoisotopic (exact) mass is 785 g/mol. The lowest BCUT2D eigenvalue weighted by Crippen LogP contribution is -2.49. The standard InChI is InChI=1S/C46H39N7O6/c1-28-5-11-41(45(54)51-28)53-27-32-19-34(8-10-37(32)46(53)55)57-17-16-56-15-3-4-33-18-31(23-47)43(26-49-33)58-35-21-36(22-35)59-44-12-7-30(24-50-44)29-6-9-38-39-25-48-14-13-40(39)52(2)42(38)20-29/h6-10,12-14,18-20,24-26,35-36,41H,1,5,11,15-17,21-22,27H2,2H3,(H,51,54). The Kier molecular flexibility index (Phi) is 10.1. The minimum Gasteiger partial charge on any atom is -0.491 e. The molecule has 0 radical (unpaired) electrons. The summed E-state index contributed by atoms with van der Waals surface area (Å²) >= 11 is 0. The number of pyridine rings is 3. The molecule has 294 valence electrons. The van der Waals surface area contributed by atoms with Crippen LogP contribution in [0.5, 0.6) is 17.4 Å². The Morgan fingerprint density at radius 1 is 0.915 bits per heavy atom. The second kappa shape index (κ2) is 16.0. The van der Waals surface area contributed by atoms with E-state index in [0.717, 1.165) is 33.1 Å². The summed E-state index contributed by atoms with van der Waals surface area (Å²) in [6.45, 7) is 4.89. The van der Waals surface area contributed by atoms with E-state index in [2.05, 4.69) is 74.6 Å². The topological polar surface area (TPSA) is 154 Å². The fraction of sp³-hybridized carbons (Fsp3) is 0.261. The zero-order valence-electron chi connectivity index (χ0n) is 32.3. The third kappa shape index (κ3) is 7.64. The lowest BCUT2D eigenvalue weighted by molar-refractivity contribution is -0.126. The minimum atomic E-state index is -0.507. The number of benzene rings is 2. The number of amides is 2. The molecular weight excluding hydrogens is 747 g/mol. The van der Waals surface area contributed by atoms with Gasteiger partial charge in [-0.15, -0.1) is 0 Å². The van der Waals surface area contributed by atoms with Crippen LogP contribution >= 0.6 is 0 Å². The van der Waals surface area contributed by atoms with Gasteiger partial charge >= 0.3 is 0 Å². The van der Waals surface area contributed by atoms with Gasteiger partial charge < -0.3 is 33.7 Å². The molecule has 1 unspecified atom stereocenters. The average Bonchev–Trinajstić information content (AvgIpc) is 3.72. The maximum absolute atomic E-state index is 13.0. The van der Waals surface area contributed by atoms with Crippen molar-refractivity contribution in [2.45, 2.75) is 50.5 Å². The predicted octanol–water partition coefficient (Wildman–Crippen LogP) is 6.24. The minimum absolute atomic E-state index is 0.0445. The Labute approximate surface area is 340 Å². The second-order valence-electron chi connectivity index (χ2n) is 14.8. The number of allylic oxidation sites excluding steroid dienone is 1. The quantitative estimate of drug-likeness (QED) is 0.118. The summed E-state index contributed by atoms with van der Waals surface area (Å²) in [7, 11) is 2.07. The molecule has 3 aliphatic rings. The number of hydrogen-bond acceptors (Lipinski definition) is 10. The highest BCUT2D eigenvalue weighted by molar-refractivity contribution is 6.08. The van der Waals surface area contributed by atoms with E-state index < -0.39 is 6.04 Å². The van der Waals surface area contributed by atoms with Crippen molar-refractivity contribution in [3.8, 4) is 46.4 Å². The normalized spacial score (nSPS) is 18.4. The van der Waals surface area contributed by atoms with Crippen LogP contribution < -0.4 is 19.5 Å². The fourth-order valence-corrected chi connectivity index (χ4v) is 7.80. The number of carbonyl (C=O) groups excluding carboxylic acids is 2. The summed E-state index contributed by atoms with van der Waals surface area (Å²) in [6, 6.07) is 21.0. The first-order valence-electron chi connectivity index (χ1n) is 19.5. The maximum atomic E-state index is 13.0. The van der Waals surface area contributed by atoms with Crippen molar-refractivity contribution in [1.82, 2.24) is 29.7 Å². The first kappa shape index (κ1) is 37.4. The van der Waals surface area contributed by atoms with Crippen molar-refractivity contribution in [3.05, 3.63) is 120 Å². The van der Waals surface area contributed by atoms with E-state index in [1.54, 1.807) is 23.1 Å². The van der Waals surface area contributed by atoms with Crippen molar-refractivity contribution in [3.63, 3.8) is 0 Å². The largest absolute Gasteiger partial charge is 0.491 e. The summed E-state index contributed by atoms with van der Waals surface area (Å²) in [5.74, 6) is 7.09. The summed E-state index contributed by atoms with van der Waals surface area (Å²) < 4.78 is 25.9. The van der Waals surface area contributed by atoms with Crippen LogP contribution in [0.4, 0.5) is 0 Å². The molecule has 6 aromatic rings. The van der Waals surface area contributed by atoms with Crippen molar-refractivity contribution in [2.75, 3.05) is 19.8 Å². The second-order valence-corrected chi connectivity index (χ2v) is 14.8. The summed E-state index contributed by atoms with van der Waals surface area (Å²) in [6.07, 6.45) is 9.45. The number of piperidine rings is 1. The summed E-state index contributed by atoms with van der Waals surface area (Å²) in [4.78, 5) is 40.3. The van der Waals surface area contributed by atoms with E-state index >= 15 is 0 Å². The number of ether oxygens (including phenoxy) is 4. The van der Waals surface area contributed by atoms with E-state index in [1.807, 2.05) is 42.9 Å². The van der Waals surface area contributed by atoms with Gasteiger partial charge in [0.15, 0.2) is 5.75 Å². The SMILES string of the molecule is C=C1CCC(N2Cc3cc(OCCOCC#Cc4cc(C#N)c(OC5CC(Oc6ccc(-c7ccc8c9cnccc9n(C)c8c7)cn6)C5)cn4)ccc3C2=O)C(=O)N1. The number of fused-ring (bicyclic) bond motifs is 4. The molecule has 1 saturated heterocycles. The van der Waals surface area contributed by atoms with Gasteiger partial charge in [0.2, 0.25) is 11.8 Å². The van der Waals surface area contributed by atoms with Crippen molar-refractivity contribution in [1.29, 1.82) is 5.26 Å². The highest BCUT2D eigenvalue weighted by Crippen LogP contribution is 2.34. The van der Waals surface area contributed by atoms with Crippen LogP contribution in [0.2, 0.25) is 0 Å². The Morgan fingerprint density at radius 2 is 1.78 bits per heavy atom. The van der Waals surface area contributed by atoms with Gasteiger partial charge in [-0.05, 0) is 72.4 Å². The van der Waals surface area contributed by atoms with E-state index in [4.69, 9.17) is 18.9 Å². The number of aryl methyl sites for hydroxylation is 1. The molecule has 13 nitrogen and oxygen atoms in total. The summed E-state index contributed by atoms with van der Waals surface area (Å²) in [5, 5.41) is 14.9. The Morgan fingerprint density at radius 3 is 2.61 bits per heavy atom. The van der Waals surface area contributed by atoms with Gasteiger partial charge in [0, 0.05) is 84.2 Å². The highest BCUT2D eigenvalue weighted by atomic mass is 16.5. The predicted molar refractivity (Wildman–Crippen MR) is 218 cm³/mol. The van der Waals surface area contributed by atoms with Crippen molar-refractivity contribution >= 4 is 33.6 Å². The number of nitrogens with zero attached hydrogens (tertiary/aromatic N) is 6. The first-order chi connectivity index (χ1) is 28.8. The highest BCUT2D eigenvalue weighted by Gasteiger charge is 2.38. The molecule has 0 spiro atoms. The van der Waals surface area contributed by atoms with Crippen LogP contribution in [0.25, 0.3) is 32.9 Å². The molecule has 1 atom stereocenters. The molecule has 0 bridgehead atoms. The summed E-state index contributed by atoms with van der Waals surface area (Å²) in [5.41, 5.74) is 7.22. The van der Waals surface area contributed by atoms with Gasteiger partial charge in [-0.2, -0.15) is 5.26 Å². The molecule has 1 saturated carbocycles. The molecule has 1 N–H and O–H groups in total. The third-order valence-corrected chi connectivity index (χ3v) is 11.0. The van der Waals surface area contributed by atoms with Crippen LogP contribution in [0.15, 0.2) is 97.7 Å². The number of nitriles is 1. The Hall–Kier alpha value is -7.22. The third-order valence-electron chi connectivity index (χ3n) is 11.0. The van der Waals surface area contributed by atoms with E-state index in [0.29, 0.717) is 78.7 Å². The van der Waals surface area contributed by atoms with Crippen molar-refractivity contribution < 1.29 is 28.5 Å². The van der Waals surface area contributed by atoms with Gasteiger partial charge in [-0.25, -0.2) is 9.97 Å². The van der Waals surface area contributed by atoms with E-state index in [9.17, 15) is 14.9 Å². The number of aromatic nitrogens is 4. The molecular formula is C46H39N7O6. The molecule has 1 aliphatic carbocycles. The molecule has 2 amide bonds. The van der Waals surface area contributed by atoms with Crippen LogP contribution in [0.3, 0.4) is 0 Å². The van der Waals surface area contributed by atoms with Gasteiger partial charge in [-0.3, -0.25) is 14.6 Å². The maximum Gasteiger partial charge on any atom is 0.255 e. The lowest BCUT2D eigenvalue weighted by Gasteiger charge is -2.35. The van der Waals surface area contributed by atoms with Crippen molar-refractivity contribution in [2.24, 2.45) is 7.05 Å². The zero-order valence-corrected chi connectivity index (χ0v) is 32.3. The number of nitrogens with one attached hydrogen (secondary N) is 1. The Bertz CT molecular complexity index is 2740. The molecule has 13 heteroatoms.